The second-order valence-corrected chi connectivity index (χ2v) is 12.1. The number of carbonyl (C=O) groups is 1. The number of aromatic nitrogens is 2. The molecule has 2 aromatic rings. The molecular weight excluding hydrogens is 490 g/mol. The summed E-state index contributed by atoms with van der Waals surface area (Å²) in [5, 5.41) is 4.59. The van der Waals surface area contributed by atoms with E-state index in [1.165, 1.54) is 0 Å². The van der Waals surface area contributed by atoms with Gasteiger partial charge in [-0.3, -0.25) is 9.79 Å². The molecule has 4 aliphatic rings. The maximum Gasteiger partial charge on any atom is 0.225 e. The average Bonchev–Trinajstić information content (AvgIpc) is 3.40. The number of aliphatic imine (C=N–C) groups is 1. The molecule has 1 aliphatic carbocycles. The van der Waals surface area contributed by atoms with Crippen molar-refractivity contribution < 1.29 is 9.53 Å². The molecule has 0 spiro atoms. The van der Waals surface area contributed by atoms with Gasteiger partial charge in [0.15, 0.2) is 0 Å². The molecule has 39 heavy (non-hydrogen) atoms. The maximum absolute atomic E-state index is 12.8. The quantitative estimate of drug-likeness (QED) is 0.614. The highest BCUT2D eigenvalue weighted by Gasteiger charge is 2.42. The van der Waals surface area contributed by atoms with Gasteiger partial charge in [0.2, 0.25) is 5.91 Å². The van der Waals surface area contributed by atoms with E-state index in [-0.39, 0.29) is 23.5 Å². The van der Waals surface area contributed by atoms with Gasteiger partial charge >= 0.3 is 0 Å². The lowest BCUT2D eigenvalue weighted by molar-refractivity contribution is -0.139. The van der Waals surface area contributed by atoms with Crippen molar-refractivity contribution in [1.82, 2.24) is 19.4 Å². The SMILES string of the molecule is COC1(C2C=CC(c3cc4c(N5CCN(C(=O)C6CC(N)C6)CC5)ccnn4c3)=NC2)CCN(C(C)C)CC1. The molecule has 1 atom stereocenters. The van der Waals surface area contributed by atoms with Gasteiger partial charge in [0.1, 0.15) is 0 Å². The minimum Gasteiger partial charge on any atom is -0.377 e. The van der Waals surface area contributed by atoms with E-state index in [1.54, 1.807) is 0 Å². The third-order valence-electron chi connectivity index (χ3n) is 9.64. The fourth-order valence-electron chi connectivity index (χ4n) is 6.89. The van der Waals surface area contributed by atoms with Gasteiger partial charge < -0.3 is 25.2 Å². The summed E-state index contributed by atoms with van der Waals surface area (Å²) >= 11 is 0. The molecule has 9 nitrogen and oxygen atoms in total. The summed E-state index contributed by atoms with van der Waals surface area (Å²) in [6.45, 7) is 10.6. The van der Waals surface area contributed by atoms with Crippen LogP contribution in [0.25, 0.3) is 5.52 Å². The highest BCUT2D eigenvalue weighted by atomic mass is 16.5. The molecule has 2 saturated heterocycles. The van der Waals surface area contributed by atoms with Gasteiger partial charge in [-0.15, -0.1) is 0 Å². The van der Waals surface area contributed by atoms with E-state index >= 15 is 0 Å². The number of piperidine rings is 1. The molecule has 2 N–H and O–H groups in total. The predicted octanol–water partition coefficient (Wildman–Crippen LogP) is 2.58. The molecule has 1 amide bonds. The highest BCUT2D eigenvalue weighted by Crippen LogP contribution is 2.37. The zero-order valence-corrected chi connectivity index (χ0v) is 23.6. The predicted molar refractivity (Wildman–Crippen MR) is 154 cm³/mol. The largest absolute Gasteiger partial charge is 0.377 e. The van der Waals surface area contributed by atoms with Crippen LogP contribution in [0.2, 0.25) is 0 Å². The standard InChI is InChI=1S/C30H43N7O2/c1-21(2)34-10-7-30(39-3,8-11-34)24-4-5-26(32-19-24)23-18-28-27(6-9-33-37(28)20-23)35-12-14-36(15-13-35)29(38)22-16-25(31)17-22/h4-6,9,18,20-22,24-25H,7-8,10-17,19,31H2,1-3H3. The first-order valence-electron chi connectivity index (χ1n) is 14.7. The van der Waals surface area contributed by atoms with Crippen LogP contribution in [0.3, 0.4) is 0 Å². The second-order valence-electron chi connectivity index (χ2n) is 12.1. The van der Waals surface area contributed by atoms with E-state index in [4.69, 9.17) is 15.5 Å². The summed E-state index contributed by atoms with van der Waals surface area (Å²) in [5.41, 5.74) is 10.1. The van der Waals surface area contributed by atoms with Gasteiger partial charge in [-0.25, -0.2) is 4.52 Å². The minimum atomic E-state index is -0.134. The molecule has 3 fully saturated rings. The Balaban J connectivity index is 1.13. The van der Waals surface area contributed by atoms with Crippen LogP contribution in [0, 0.1) is 11.8 Å². The number of fused-ring (bicyclic) bond motifs is 1. The molecule has 0 bridgehead atoms. The van der Waals surface area contributed by atoms with Gasteiger partial charge in [0.05, 0.1) is 22.5 Å². The normalized spacial score (nSPS) is 27.6. The van der Waals surface area contributed by atoms with Crippen LogP contribution in [-0.2, 0) is 9.53 Å². The fraction of sp³-hybridized carbons (Fsp3) is 0.633. The first-order valence-corrected chi connectivity index (χ1v) is 14.7. The van der Waals surface area contributed by atoms with E-state index in [2.05, 4.69) is 59.2 Å². The lowest BCUT2D eigenvalue weighted by Gasteiger charge is -2.46. The number of amides is 1. The lowest BCUT2D eigenvalue weighted by Crippen LogP contribution is -2.53. The molecule has 5 heterocycles. The number of allylic oxidation sites excluding steroid dienone is 1. The minimum absolute atomic E-state index is 0.128. The molecule has 210 valence electrons. The molecule has 3 aliphatic heterocycles. The van der Waals surface area contributed by atoms with Gasteiger partial charge in [0, 0.05) is 94.8 Å². The van der Waals surface area contributed by atoms with Gasteiger partial charge in [-0.2, -0.15) is 5.10 Å². The van der Waals surface area contributed by atoms with E-state index in [1.807, 2.05) is 22.7 Å². The fourth-order valence-corrected chi connectivity index (χ4v) is 6.89. The zero-order valence-electron chi connectivity index (χ0n) is 23.6. The monoisotopic (exact) mass is 533 g/mol. The molecule has 9 heteroatoms. The van der Waals surface area contributed by atoms with E-state index in [9.17, 15) is 4.79 Å². The first-order chi connectivity index (χ1) is 18.9. The summed E-state index contributed by atoms with van der Waals surface area (Å²) < 4.78 is 8.13. The van der Waals surface area contributed by atoms with Crippen molar-refractivity contribution in [3.05, 3.63) is 42.2 Å². The van der Waals surface area contributed by atoms with Crippen molar-refractivity contribution in [3.8, 4) is 0 Å². The van der Waals surface area contributed by atoms with E-state index in [0.29, 0.717) is 12.0 Å². The van der Waals surface area contributed by atoms with Crippen molar-refractivity contribution in [2.45, 2.75) is 57.2 Å². The molecule has 0 radical (unpaired) electrons. The number of dihydropyridines is 1. The van der Waals surface area contributed by atoms with Crippen molar-refractivity contribution in [1.29, 1.82) is 0 Å². The Morgan fingerprint density at radius 1 is 1.13 bits per heavy atom. The number of likely N-dealkylation sites (tertiary alicyclic amines) is 1. The summed E-state index contributed by atoms with van der Waals surface area (Å²) in [7, 11) is 1.87. The van der Waals surface area contributed by atoms with E-state index < -0.39 is 0 Å². The van der Waals surface area contributed by atoms with Crippen LogP contribution in [0.15, 0.2) is 41.7 Å². The Kier molecular flexibility index (Phi) is 7.24. The van der Waals surface area contributed by atoms with Crippen LogP contribution >= 0.6 is 0 Å². The number of hydrogen-bond donors (Lipinski definition) is 1. The molecule has 1 unspecified atom stereocenters. The number of carbonyl (C=O) groups excluding carboxylic acids is 1. The average molecular weight is 534 g/mol. The first kappa shape index (κ1) is 26.5. The Morgan fingerprint density at radius 3 is 2.49 bits per heavy atom. The topological polar surface area (TPSA) is 91.7 Å². The molecule has 6 rings (SSSR count). The summed E-state index contributed by atoms with van der Waals surface area (Å²) in [6.07, 6.45) is 12.2. The third-order valence-corrected chi connectivity index (χ3v) is 9.64. The van der Waals surface area contributed by atoms with Crippen LogP contribution in [0.5, 0.6) is 0 Å². The molecule has 2 aromatic heterocycles. The van der Waals surface area contributed by atoms with Gasteiger partial charge in [-0.1, -0.05) is 6.08 Å². The van der Waals surface area contributed by atoms with Gasteiger partial charge in [0.25, 0.3) is 0 Å². The smallest absolute Gasteiger partial charge is 0.225 e. The Labute approximate surface area is 231 Å². The third kappa shape index (κ3) is 5.00. The van der Waals surface area contributed by atoms with Crippen LogP contribution in [0.1, 0.15) is 45.1 Å². The van der Waals surface area contributed by atoms with Crippen molar-refractivity contribution in [2.75, 3.05) is 57.8 Å². The number of nitrogens with two attached hydrogens (primary N) is 1. The Morgan fingerprint density at radius 2 is 1.87 bits per heavy atom. The summed E-state index contributed by atoms with van der Waals surface area (Å²) in [5.74, 6) is 0.700. The van der Waals surface area contributed by atoms with Crippen LogP contribution in [0.4, 0.5) is 5.69 Å². The highest BCUT2D eigenvalue weighted by molar-refractivity contribution is 6.10. The summed E-state index contributed by atoms with van der Waals surface area (Å²) in [6, 6.07) is 5.06. The van der Waals surface area contributed by atoms with E-state index in [0.717, 1.165) is 94.0 Å². The number of piperazine rings is 1. The molecule has 1 saturated carbocycles. The molecular formula is C30H43N7O2. The number of ether oxygens (including phenoxy) is 1. The zero-order chi connectivity index (χ0) is 27.1. The van der Waals surface area contributed by atoms with Crippen LogP contribution in [-0.4, -0.2) is 102 Å². The van der Waals surface area contributed by atoms with Gasteiger partial charge in [-0.05, 0) is 57.7 Å². The Hall–Kier alpha value is -2.75. The maximum atomic E-state index is 12.8. The second kappa shape index (κ2) is 10.7. The van der Waals surface area contributed by atoms with Crippen molar-refractivity contribution in [3.63, 3.8) is 0 Å². The number of anilines is 1. The number of nitrogens with zero attached hydrogens (tertiary/aromatic N) is 6. The lowest BCUT2D eigenvalue weighted by atomic mass is 9.77. The van der Waals surface area contributed by atoms with Crippen molar-refractivity contribution in [2.24, 2.45) is 22.6 Å². The number of rotatable bonds is 6. The summed E-state index contributed by atoms with van der Waals surface area (Å²) in [4.78, 5) is 24.7. The molecule has 0 aromatic carbocycles. The van der Waals surface area contributed by atoms with Crippen LogP contribution < -0.4 is 10.6 Å². The number of hydrogen-bond acceptors (Lipinski definition) is 7. The number of methoxy groups -OCH3 is 1. The van der Waals surface area contributed by atoms with Crippen molar-refractivity contribution >= 4 is 22.8 Å². The Bertz CT molecular complexity index is 1250.